The lowest BCUT2D eigenvalue weighted by Crippen LogP contribution is -2.17. The Morgan fingerprint density at radius 1 is 1.35 bits per heavy atom. The summed E-state index contributed by atoms with van der Waals surface area (Å²) in [4.78, 5) is 4.55. The van der Waals surface area contributed by atoms with Crippen LogP contribution >= 0.6 is 11.8 Å². The molecule has 0 spiro atoms. The van der Waals surface area contributed by atoms with Crippen LogP contribution in [0.5, 0.6) is 0 Å². The van der Waals surface area contributed by atoms with Gasteiger partial charge in [-0.1, -0.05) is 6.07 Å². The molecule has 1 aliphatic rings. The van der Waals surface area contributed by atoms with E-state index in [4.69, 9.17) is 0 Å². The highest BCUT2D eigenvalue weighted by Crippen LogP contribution is 2.29. The Morgan fingerprint density at radius 2 is 2.18 bits per heavy atom. The molecule has 1 heterocycles. The molecule has 0 bridgehead atoms. The smallest absolute Gasteiger partial charge is 0.128 e. The maximum Gasteiger partial charge on any atom is 0.128 e. The second kappa shape index (κ2) is 6.15. The van der Waals surface area contributed by atoms with Crippen molar-refractivity contribution in [2.45, 2.75) is 37.5 Å². The normalized spacial score (nSPS) is 23.6. The van der Waals surface area contributed by atoms with Crippen molar-refractivity contribution in [3.05, 3.63) is 18.2 Å². The van der Waals surface area contributed by atoms with E-state index in [1.807, 2.05) is 30.0 Å². The molecule has 0 radical (unpaired) electrons. The Balaban J connectivity index is 1.92. The lowest BCUT2D eigenvalue weighted by Gasteiger charge is -2.14. The van der Waals surface area contributed by atoms with Crippen LogP contribution < -0.4 is 10.6 Å². The first-order valence-electron chi connectivity index (χ1n) is 6.32. The van der Waals surface area contributed by atoms with Gasteiger partial charge < -0.3 is 10.6 Å². The molecule has 2 rings (SSSR count). The Kier molecular flexibility index (Phi) is 4.54. The molecule has 0 saturated heterocycles. The number of anilines is 2. The van der Waals surface area contributed by atoms with Gasteiger partial charge in [0.1, 0.15) is 11.6 Å². The third-order valence-electron chi connectivity index (χ3n) is 3.18. The van der Waals surface area contributed by atoms with Gasteiger partial charge in [0.15, 0.2) is 0 Å². The summed E-state index contributed by atoms with van der Waals surface area (Å²) in [5.41, 5.74) is 0. The zero-order valence-corrected chi connectivity index (χ0v) is 11.4. The lowest BCUT2D eigenvalue weighted by atomic mass is 10.2. The van der Waals surface area contributed by atoms with Gasteiger partial charge in [0.25, 0.3) is 0 Å². The number of pyridine rings is 1. The summed E-state index contributed by atoms with van der Waals surface area (Å²) in [5, 5.41) is 7.60. The molecule has 0 aromatic carbocycles. The highest BCUT2D eigenvalue weighted by Gasteiger charge is 2.23. The van der Waals surface area contributed by atoms with Gasteiger partial charge in [-0.2, -0.15) is 11.8 Å². The first kappa shape index (κ1) is 12.6. The molecule has 94 valence electrons. The number of hydrogen-bond acceptors (Lipinski definition) is 4. The van der Waals surface area contributed by atoms with Crippen molar-refractivity contribution in [1.29, 1.82) is 0 Å². The third kappa shape index (κ3) is 3.53. The fraction of sp³-hybridized carbons (Fsp3) is 0.615. The molecule has 1 aromatic heterocycles. The summed E-state index contributed by atoms with van der Waals surface area (Å²) < 4.78 is 0. The average Bonchev–Trinajstić information content (AvgIpc) is 2.78. The van der Waals surface area contributed by atoms with Crippen LogP contribution in [-0.2, 0) is 0 Å². The molecule has 1 aliphatic carbocycles. The Morgan fingerprint density at radius 3 is 2.88 bits per heavy atom. The summed E-state index contributed by atoms with van der Waals surface area (Å²) in [6, 6.07) is 6.70. The highest BCUT2D eigenvalue weighted by molar-refractivity contribution is 7.99. The molecule has 2 N–H and O–H groups in total. The maximum atomic E-state index is 4.55. The molecule has 2 unspecified atom stereocenters. The number of nitrogens with zero attached hydrogens (tertiary/aromatic N) is 1. The quantitative estimate of drug-likeness (QED) is 0.842. The number of thioether (sulfide) groups is 1. The molecule has 2 atom stereocenters. The summed E-state index contributed by atoms with van der Waals surface area (Å²) >= 11 is 1.99. The molecule has 0 aliphatic heterocycles. The van der Waals surface area contributed by atoms with Crippen LogP contribution in [0.1, 0.15) is 26.2 Å². The summed E-state index contributed by atoms with van der Waals surface area (Å²) in [6.07, 6.45) is 6.05. The maximum absolute atomic E-state index is 4.55. The van der Waals surface area contributed by atoms with Crippen molar-refractivity contribution in [3.63, 3.8) is 0 Å². The molecule has 4 heteroatoms. The summed E-state index contributed by atoms with van der Waals surface area (Å²) in [5.74, 6) is 1.95. The van der Waals surface area contributed by atoms with E-state index in [0.717, 1.165) is 23.4 Å². The molecular weight excluding hydrogens is 230 g/mol. The van der Waals surface area contributed by atoms with Crippen LogP contribution in [0.25, 0.3) is 0 Å². The van der Waals surface area contributed by atoms with E-state index in [1.165, 1.54) is 19.3 Å². The van der Waals surface area contributed by atoms with Gasteiger partial charge in [0, 0.05) is 17.8 Å². The van der Waals surface area contributed by atoms with Crippen LogP contribution in [-0.4, -0.2) is 29.1 Å². The standard InChI is InChI=1S/C13H21N3S/c1-3-14-12-5-4-6-13(16-12)15-10-7-8-11(9-10)17-2/h4-6,10-11H,3,7-9H2,1-2H3,(H2,14,15,16). The topological polar surface area (TPSA) is 37.0 Å². The first-order chi connectivity index (χ1) is 8.31. The van der Waals surface area contributed by atoms with E-state index in [9.17, 15) is 0 Å². The zero-order valence-electron chi connectivity index (χ0n) is 10.6. The Bertz CT molecular complexity index is 356. The number of aromatic nitrogens is 1. The summed E-state index contributed by atoms with van der Waals surface area (Å²) in [6.45, 7) is 3.00. The van der Waals surface area contributed by atoms with Crippen LogP contribution in [0, 0.1) is 0 Å². The zero-order chi connectivity index (χ0) is 12.1. The van der Waals surface area contributed by atoms with Gasteiger partial charge in [-0.05, 0) is 44.6 Å². The van der Waals surface area contributed by atoms with Crippen molar-refractivity contribution >= 4 is 23.4 Å². The number of hydrogen-bond donors (Lipinski definition) is 2. The highest BCUT2D eigenvalue weighted by atomic mass is 32.2. The van der Waals surface area contributed by atoms with Crippen LogP contribution in [0.4, 0.5) is 11.6 Å². The molecular formula is C13H21N3S. The van der Waals surface area contributed by atoms with Crippen molar-refractivity contribution < 1.29 is 0 Å². The molecule has 1 fully saturated rings. The lowest BCUT2D eigenvalue weighted by molar-refractivity contribution is 0.752. The second-order valence-corrected chi connectivity index (χ2v) is 5.59. The van der Waals surface area contributed by atoms with Gasteiger partial charge in [-0.25, -0.2) is 4.98 Å². The fourth-order valence-electron chi connectivity index (χ4n) is 2.29. The molecule has 0 amide bonds. The van der Waals surface area contributed by atoms with Gasteiger partial charge in [-0.15, -0.1) is 0 Å². The SMILES string of the molecule is CCNc1cccc(NC2CCC(SC)C2)n1. The first-order valence-corrected chi connectivity index (χ1v) is 7.61. The predicted octanol–water partition coefficient (Wildman–Crippen LogP) is 3.21. The van der Waals surface area contributed by atoms with Gasteiger partial charge >= 0.3 is 0 Å². The van der Waals surface area contributed by atoms with Crippen molar-refractivity contribution in [3.8, 4) is 0 Å². The van der Waals surface area contributed by atoms with Crippen molar-refractivity contribution in [1.82, 2.24) is 4.98 Å². The third-order valence-corrected chi connectivity index (χ3v) is 4.27. The molecule has 17 heavy (non-hydrogen) atoms. The Hall–Kier alpha value is -0.900. The predicted molar refractivity (Wildman–Crippen MR) is 77.0 cm³/mol. The van der Waals surface area contributed by atoms with E-state index in [1.54, 1.807) is 0 Å². The minimum atomic E-state index is 0.594. The summed E-state index contributed by atoms with van der Waals surface area (Å²) in [7, 11) is 0. The van der Waals surface area contributed by atoms with E-state index in [0.29, 0.717) is 6.04 Å². The van der Waals surface area contributed by atoms with E-state index < -0.39 is 0 Å². The van der Waals surface area contributed by atoms with Gasteiger partial charge in [0.05, 0.1) is 0 Å². The second-order valence-electron chi connectivity index (χ2n) is 4.45. The molecule has 3 nitrogen and oxygen atoms in total. The van der Waals surface area contributed by atoms with Crippen LogP contribution in [0.2, 0.25) is 0 Å². The number of nitrogens with one attached hydrogen (secondary N) is 2. The van der Waals surface area contributed by atoms with Gasteiger partial charge in [0.2, 0.25) is 0 Å². The fourth-order valence-corrected chi connectivity index (χ4v) is 3.09. The van der Waals surface area contributed by atoms with Crippen LogP contribution in [0.15, 0.2) is 18.2 Å². The average molecular weight is 251 g/mol. The largest absolute Gasteiger partial charge is 0.370 e. The minimum Gasteiger partial charge on any atom is -0.370 e. The minimum absolute atomic E-state index is 0.594. The van der Waals surface area contributed by atoms with Crippen molar-refractivity contribution in [2.24, 2.45) is 0 Å². The number of rotatable bonds is 5. The van der Waals surface area contributed by atoms with Gasteiger partial charge in [-0.3, -0.25) is 0 Å². The van der Waals surface area contributed by atoms with E-state index in [2.05, 4.69) is 28.8 Å². The van der Waals surface area contributed by atoms with E-state index in [-0.39, 0.29) is 0 Å². The Labute approximate surface area is 108 Å². The van der Waals surface area contributed by atoms with Crippen LogP contribution in [0.3, 0.4) is 0 Å². The van der Waals surface area contributed by atoms with E-state index >= 15 is 0 Å². The van der Waals surface area contributed by atoms with Crippen molar-refractivity contribution in [2.75, 3.05) is 23.4 Å². The molecule has 1 saturated carbocycles. The monoisotopic (exact) mass is 251 g/mol. The molecule has 1 aromatic rings.